The lowest BCUT2D eigenvalue weighted by Crippen LogP contribution is -2.30. The highest BCUT2D eigenvalue weighted by Gasteiger charge is 2.56. The number of fused-ring (bicyclic) bond motifs is 1. The van der Waals surface area contributed by atoms with Crippen molar-refractivity contribution in [3.05, 3.63) is 105 Å². The maximum absolute atomic E-state index is 4.43. The molecule has 3 atom stereocenters. The molecule has 0 aliphatic heterocycles. The second kappa shape index (κ2) is 13.5. The van der Waals surface area contributed by atoms with Gasteiger partial charge >= 0.3 is 0 Å². The van der Waals surface area contributed by atoms with E-state index in [4.69, 9.17) is 0 Å². The molecule has 1 nitrogen and oxygen atoms in total. The molecule has 3 aromatic rings. The number of nitrogens with zero attached hydrogens (tertiary/aromatic N) is 1. The number of likely N-dealkylation sites (N-methyl/N-ethyl adjacent to an activating group) is 1. The zero-order valence-corrected chi connectivity index (χ0v) is 24.9. The molecule has 202 valence electrons. The van der Waals surface area contributed by atoms with Gasteiger partial charge in [-0.05, 0) is 90.8 Å². The topological polar surface area (TPSA) is 3.24 Å². The first-order valence-corrected chi connectivity index (χ1v) is 15.8. The van der Waals surface area contributed by atoms with E-state index in [1.165, 1.54) is 72.2 Å². The monoisotopic (exact) mass is 525 g/mol. The van der Waals surface area contributed by atoms with E-state index in [0.717, 1.165) is 19.0 Å². The largest absolute Gasteiger partial charge is 0.375 e. The van der Waals surface area contributed by atoms with Crippen LogP contribution in [-0.2, 0) is 11.8 Å². The summed E-state index contributed by atoms with van der Waals surface area (Å²) in [4.78, 5) is 3.96. The Hall–Kier alpha value is -2.58. The molecule has 1 heterocycles. The minimum atomic E-state index is 0.224. The van der Waals surface area contributed by atoms with E-state index in [2.05, 4.69) is 117 Å². The summed E-state index contributed by atoms with van der Waals surface area (Å²) in [6, 6.07) is 22.2. The molecule has 0 amide bonds. The van der Waals surface area contributed by atoms with Crippen molar-refractivity contribution < 1.29 is 0 Å². The van der Waals surface area contributed by atoms with E-state index in [9.17, 15) is 0 Å². The van der Waals surface area contributed by atoms with Crippen LogP contribution >= 0.6 is 11.3 Å². The van der Waals surface area contributed by atoms with Crippen molar-refractivity contribution >= 4 is 23.5 Å². The summed E-state index contributed by atoms with van der Waals surface area (Å²) in [5.74, 6) is 1.45. The quantitative estimate of drug-likeness (QED) is 0.243. The molecule has 2 aliphatic carbocycles. The van der Waals surface area contributed by atoms with E-state index in [-0.39, 0.29) is 5.41 Å². The minimum Gasteiger partial charge on any atom is -0.375 e. The highest BCUT2D eigenvalue weighted by molar-refractivity contribution is 7.10. The normalized spacial score (nSPS) is 20.2. The van der Waals surface area contributed by atoms with Crippen LogP contribution in [0.5, 0.6) is 0 Å². The number of benzene rings is 2. The molecular formula is C36H47NS. The molecule has 0 saturated heterocycles. The number of rotatable bonds is 11. The number of hydrogen-bond donors (Lipinski definition) is 0. The number of thiophene rings is 1. The molecule has 0 N–H and O–H groups in total. The number of allylic oxidation sites excluding steroid dienone is 1. The van der Waals surface area contributed by atoms with Crippen LogP contribution in [0, 0.1) is 5.92 Å². The third-order valence-corrected chi connectivity index (χ3v) is 9.74. The van der Waals surface area contributed by atoms with Crippen LogP contribution < -0.4 is 10.4 Å². The first-order valence-electron chi connectivity index (χ1n) is 14.9. The summed E-state index contributed by atoms with van der Waals surface area (Å²) in [6.45, 7) is 15.6. The fraction of sp³-hybridized carbons (Fsp3) is 0.444. The molecular weight excluding hydrogens is 478 g/mol. The van der Waals surface area contributed by atoms with Gasteiger partial charge in [0.1, 0.15) is 0 Å². The van der Waals surface area contributed by atoms with E-state index >= 15 is 0 Å². The third-order valence-electron chi connectivity index (χ3n) is 8.71. The molecule has 38 heavy (non-hydrogen) atoms. The summed E-state index contributed by atoms with van der Waals surface area (Å²) in [5, 5.41) is 5.14. The van der Waals surface area contributed by atoms with E-state index < -0.39 is 0 Å². The van der Waals surface area contributed by atoms with Gasteiger partial charge in [0.05, 0.1) is 0 Å². The van der Waals surface area contributed by atoms with Gasteiger partial charge in [0.25, 0.3) is 0 Å². The minimum absolute atomic E-state index is 0.224. The van der Waals surface area contributed by atoms with Crippen LogP contribution in [0.2, 0.25) is 0 Å². The smallest absolute Gasteiger partial charge is 0.0377 e. The van der Waals surface area contributed by atoms with Crippen LogP contribution in [0.3, 0.4) is 0 Å². The summed E-state index contributed by atoms with van der Waals surface area (Å²) >= 11 is 1.91. The highest BCUT2D eigenvalue weighted by atomic mass is 32.1. The summed E-state index contributed by atoms with van der Waals surface area (Å²) in [5.41, 5.74) is 4.53. The van der Waals surface area contributed by atoms with Gasteiger partial charge in [0, 0.05) is 29.1 Å². The third kappa shape index (κ3) is 6.18. The van der Waals surface area contributed by atoms with E-state index in [0.29, 0.717) is 5.92 Å². The lowest BCUT2D eigenvalue weighted by atomic mass is 9.88. The molecule has 2 heteroatoms. The lowest BCUT2D eigenvalue weighted by molar-refractivity contribution is 0.343. The van der Waals surface area contributed by atoms with Gasteiger partial charge < -0.3 is 4.90 Å². The Morgan fingerprint density at radius 3 is 2.34 bits per heavy atom. The molecule has 0 spiro atoms. The van der Waals surface area contributed by atoms with Gasteiger partial charge in [-0.25, -0.2) is 0 Å². The van der Waals surface area contributed by atoms with Gasteiger partial charge in [-0.15, -0.1) is 11.3 Å². The summed E-state index contributed by atoms with van der Waals surface area (Å²) in [6.07, 6.45) is 13.4. The second-order valence-corrected chi connectivity index (χ2v) is 11.9. The first kappa shape index (κ1) is 28.4. The van der Waals surface area contributed by atoms with Crippen LogP contribution in [-0.4, -0.2) is 18.0 Å². The Kier molecular flexibility index (Phi) is 10.1. The summed E-state index contributed by atoms with van der Waals surface area (Å²) < 4.78 is 0. The molecule has 2 aliphatic rings. The van der Waals surface area contributed by atoms with Gasteiger partial charge in [-0.3, -0.25) is 0 Å². The van der Waals surface area contributed by atoms with Crippen LogP contribution in [0.15, 0.2) is 78.3 Å². The van der Waals surface area contributed by atoms with Crippen molar-refractivity contribution in [2.24, 2.45) is 5.92 Å². The molecule has 2 aromatic carbocycles. The second-order valence-electron chi connectivity index (χ2n) is 10.9. The Bertz CT molecular complexity index is 1270. The molecule has 5 rings (SSSR count). The van der Waals surface area contributed by atoms with Crippen LogP contribution in [0.25, 0.3) is 12.2 Å². The average Bonchev–Trinajstić information content (AvgIpc) is 3.47. The predicted octanol–water partition coefficient (Wildman–Crippen LogP) is 8.44. The predicted molar refractivity (Wildman–Crippen MR) is 168 cm³/mol. The molecule has 1 saturated carbocycles. The summed E-state index contributed by atoms with van der Waals surface area (Å²) in [7, 11) is 0. The van der Waals surface area contributed by atoms with Crippen molar-refractivity contribution in [3.8, 4) is 0 Å². The molecule has 0 bridgehead atoms. The molecule has 2 unspecified atom stereocenters. The van der Waals surface area contributed by atoms with Gasteiger partial charge in [-0.1, -0.05) is 100 Å². The van der Waals surface area contributed by atoms with Gasteiger partial charge in [-0.2, -0.15) is 0 Å². The molecule has 0 radical (unpaired) electrons. The Morgan fingerprint density at radius 1 is 0.947 bits per heavy atom. The van der Waals surface area contributed by atoms with Crippen molar-refractivity contribution in [2.45, 2.75) is 84.0 Å². The van der Waals surface area contributed by atoms with Crippen molar-refractivity contribution in [2.75, 3.05) is 13.1 Å². The van der Waals surface area contributed by atoms with Crippen LogP contribution in [0.1, 0.15) is 88.1 Å². The fourth-order valence-corrected chi connectivity index (χ4v) is 7.37. The van der Waals surface area contributed by atoms with Gasteiger partial charge in [0.2, 0.25) is 0 Å². The zero-order valence-electron chi connectivity index (χ0n) is 24.1. The lowest BCUT2D eigenvalue weighted by Gasteiger charge is -2.31. The van der Waals surface area contributed by atoms with E-state index in [1.807, 2.05) is 11.3 Å². The fourth-order valence-electron chi connectivity index (χ4n) is 6.51. The molecule has 1 fully saturated rings. The SMILES string of the molecule is C=C(N(CC)CC)[C@]1(c2ccccc2)CC1CC.CCCC(Cc1cccc2c1=CCCC=2)c1cccs1. The first-order chi connectivity index (χ1) is 18.6. The average molecular weight is 526 g/mol. The standard InChI is InChI=1S/C19H22S.C17H25N/c1-2-7-17(19-12-6-13-20-19)14-16-10-5-9-15-8-3-4-11-18(15)16;1-5-15-13-17(15,14(4)18(6-2)7-3)16-11-9-8-10-12-16/h5-6,8-13,17H,2-4,7,14H2,1H3;8-12,15H,4-7,13H2,1-3H3/t;15?,17-/m.1/s1. The Morgan fingerprint density at radius 2 is 1.71 bits per heavy atom. The van der Waals surface area contributed by atoms with Crippen LogP contribution in [0.4, 0.5) is 0 Å². The zero-order chi connectivity index (χ0) is 27.0. The Labute approximate surface area is 235 Å². The Balaban J connectivity index is 0.000000178. The highest BCUT2D eigenvalue weighted by Crippen LogP contribution is 2.60. The molecule has 1 aromatic heterocycles. The van der Waals surface area contributed by atoms with Crippen molar-refractivity contribution in [1.29, 1.82) is 0 Å². The van der Waals surface area contributed by atoms with Gasteiger partial charge in [0.15, 0.2) is 0 Å². The van der Waals surface area contributed by atoms with Crippen molar-refractivity contribution in [3.63, 3.8) is 0 Å². The van der Waals surface area contributed by atoms with E-state index in [1.54, 1.807) is 4.88 Å². The maximum Gasteiger partial charge on any atom is 0.0377 e. The van der Waals surface area contributed by atoms with Crippen molar-refractivity contribution in [1.82, 2.24) is 4.90 Å². The maximum atomic E-state index is 4.43. The number of hydrogen-bond acceptors (Lipinski definition) is 2.